The van der Waals surface area contributed by atoms with Crippen LogP contribution in [0.4, 0.5) is 0 Å². The number of fused-ring (bicyclic) bond motifs is 13. The molecular weight excluding hydrogens is 711 g/mol. The maximum absolute atomic E-state index is 5.44. The minimum absolute atomic E-state index is 1.01. The molecule has 0 radical (unpaired) electrons. The van der Waals surface area contributed by atoms with Crippen molar-refractivity contribution in [1.29, 1.82) is 0 Å². The van der Waals surface area contributed by atoms with E-state index in [1.54, 1.807) is 0 Å². The van der Waals surface area contributed by atoms with E-state index in [0.717, 1.165) is 33.6 Å². The number of benzene rings is 9. The van der Waals surface area contributed by atoms with Gasteiger partial charge in [-0.15, -0.1) is 11.3 Å². The fourth-order valence-corrected chi connectivity index (χ4v) is 10.5. The summed E-state index contributed by atoms with van der Waals surface area (Å²) in [6, 6.07) is 69.1. The topological polar surface area (TPSA) is 22.2 Å². The third kappa shape index (κ3) is 4.56. The zero-order valence-electron chi connectivity index (χ0n) is 30.6. The quantitative estimate of drug-likeness (QED) is 0.165. The second-order valence-electron chi connectivity index (χ2n) is 15.2. The summed E-state index contributed by atoms with van der Waals surface area (Å²) < 4.78 is 7.29. The van der Waals surface area contributed by atoms with Gasteiger partial charge in [-0.05, 0) is 116 Å². The second kappa shape index (κ2) is 11.6. The van der Waals surface area contributed by atoms with Crippen LogP contribution in [0.15, 0.2) is 188 Å². The molecule has 0 fully saturated rings. The molecule has 0 aliphatic carbocycles. The van der Waals surface area contributed by atoms with E-state index >= 15 is 0 Å². The van der Waals surface area contributed by atoms with Gasteiger partial charge in [-0.1, -0.05) is 121 Å². The van der Waals surface area contributed by atoms with Crippen molar-refractivity contribution in [3.05, 3.63) is 188 Å². The van der Waals surface area contributed by atoms with Crippen molar-refractivity contribution in [2.24, 2.45) is 0 Å². The summed E-state index contributed by atoms with van der Waals surface area (Å²) in [4.78, 5) is 5.44. The van der Waals surface area contributed by atoms with Crippen LogP contribution in [0, 0.1) is 0 Å². The maximum atomic E-state index is 5.44. The molecule has 13 aromatic rings. The van der Waals surface area contributed by atoms with Crippen LogP contribution in [0.5, 0.6) is 0 Å². The summed E-state index contributed by atoms with van der Waals surface area (Å²) in [7, 11) is 0. The molecule has 0 spiro atoms. The number of pyridine rings is 1. The summed E-state index contributed by atoms with van der Waals surface area (Å²) in [5.41, 5.74) is 11.4. The lowest BCUT2D eigenvalue weighted by Gasteiger charge is -2.12. The summed E-state index contributed by atoms with van der Waals surface area (Å²) in [5, 5.41) is 12.5. The highest BCUT2D eigenvalue weighted by molar-refractivity contribution is 7.26. The molecule has 0 aliphatic heterocycles. The van der Waals surface area contributed by atoms with E-state index < -0.39 is 0 Å². The van der Waals surface area contributed by atoms with Crippen LogP contribution in [0.25, 0.3) is 119 Å². The van der Waals surface area contributed by atoms with E-state index in [2.05, 4.69) is 197 Å². The van der Waals surface area contributed by atoms with Gasteiger partial charge in [0.25, 0.3) is 0 Å². The Labute approximate surface area is 330 Å². The van der Waals surface area contributed by atoms with E-state index in [4.69, 9.17) is 4.98 Å². The summed E-state index contributed by atoms with van der Waals surface area (Å²) in [6.45, 7) is 0. The first-order valence-corrected chi connectivity index (χ1v) is 20.3. The van der Waals surface area contributed by atoms with Crippen molar-refractivity contribution in [1.82, 2.24) is 14.0 Å². The number of thiophene rings is 1. The Balaban J connectivity index is 1.02. The van der Waals surface area contributed by atoms with Crippen molar-refractivity contribution in [2.75, 3.05) is 0 Å². The zero-order valence-corrected chi connectivity index (χ0v) is 31.5. The minimum atomic E-state index is 1.01. The Morgan fingerprint density at radius 3 is 1.72 bits per heavy atom. The first-order valence-electron chi connectivity index (χ1n) is 19.4. The molecule has 264 valence electrons. The third-order valence-corrected chi connectivity index (χ3v) is 13.2. The third-order valence-electron chi connectivity index (χ3n) is 12.0. The average molecular weight is 742 g/mol. The van der Waals surface area contributed by atoms with Gasteiger partial charge < -0.3 is 4.57 Å². The fourth-order valence-electron chi connectivity index (χ4n) is 9.29. The molecule has 3 nitrogen and oxygen atoms in total. The van der Waals surface area contributed by atoms with Crippen LogP contribution >= 0.6 is 11.3 Å². The second-order valence-corrected chi connectivity index (χ2v) is 16.3. The van der Waals surface area contributed by atoms with Crippen LogP contribution in [-0.2, 0) is 0 Å². The van der Waals surface area contributed by atoms with E-state index in [-0.39, 0.29) is 0 Å². The van der Waals surface area contributed by atoms with Crippen LogP contribution < -0.4 is 0 Å². The molecule has 4 heterocycles. The lowest BCUT2D eigenvalue weighted by atomic mass is 10.0. The van der Waals surface area contributed by atoms with Crippen LogP contribution in [0.2, 0.25) is 0 Å². The highest BCUT2D eigenvalue weighted by Gasteiger charge is 2.19. The molecule has 0 saturated heterocycles. The van der Waals surface area contributed by atoms with Crippen molar-refractivity contribution in [2.45, 2.75) is 0 Å². The molecule has 0 atom stereocenters. The summed E-state index contributed by atoms with van der Waals surface area (Å²) in [6.07, 6.45) is 0. The molecule has 57 heavy (non-hydrogen) atoms. The predicted octanol–water partition coefficient (Wildman–Crippen LogP) is 14.7. The number of hydrogen-bond donors (Lipinski definition) is 0. The molecule has 4 aromatic heterocycles. The fraction of sp³-hybridized carbons (Fsp3) is 0. The Bertz CT molecular complexity index is 3740. The summed E-state index contributed by atoms with van der Waals surface area (Å²) >= 11 is 1.85. The van der Waals surface area contributed by atoms with Gasteiger partial charge in [0, 0.05) is 31.9 Å². The molecule has 4 heteroatoms. The van der Waals surface area contributed by atoms with Gasteiger partial charge in [0.1, 0.15) is 0 Å². The highest BCUT2D eigenvalue weighted by atomic mass is 32.1. The summed E-state index contributed by atoms with van der Waals surface area (Å²) in [5.74, 6) is 0. The standard InChI is InChI=1S/C53H31N3S/c1-2-11-35-25-40-29-50-46(28-39(40)24-34(35)10-1)54-53-52-45(44-27-37-12-3-4-13-38(37)30-51(44)57-52)31-49(56(50)53)33-22-20-32(21-23-33)36-14-9-15-41(26-36)55-47-18-7-5-16-42(47)43-17-6-8-19-48(43)55/h1-31H. The molecule has 13 rings (SSSR count). The molecule has 9 aromatic carbocycles. The van der Waals surface area contributed by atoms with Crippen molar-refractivity contribution >= 4 is 102 Å². The van der Waals surface area contributed by atoms with Gasteiger partial charge in [0.2, 0.25) is 0 Å². The predicted molar refractivity (Wildman–Crippen MR) is 243 cm³/mol. The molecule has 0 unspecified atom stereocenters. The molecule has 0 N–H and O–H groups in total. The smallest absolute Gasteiger partial charge is 0.156 e. The van der Waals surface area contributed by atoms with Crippen molar-refractivity contribution < 1.29 is 0 Å². The molecule has 0 bridgehead atoms. The number of rotatable bonds is 3. The number of para-hydroxylation sites is 2. The van der Waals surface area contributed by atoms with E-state index in [1.807, 2.05) is 11.3 Å². The Hall–Kier alpha value is -7.27. The molecule has 0 aliphatic rings. The van der Waals surface area contributed by atoms with Gasteiger partial charge in [-0.3, -0.25) is 4.40 Å². The monoisotopic (exact) mass is 741 g/mol. The Morgan fingerprint density at radius 1 is 0.386 bits per heavy atom. The number of imidazole rings is 1. The van der Waals surface area contributed by atoms with Crippen LogP contribution in [0.3, 0.4) is 0 Å². The normalized spacial score (nSPS) is 12.2. The van der Waals surface area contributed by atoms with Gasteiger partial charge in [-0.2, -0.15) is 0 Å². The van der Waals surface area contributed by atoms with Crippen LogP contribution in [-0.4, -0.2) is 14.0 Å². The van der Waals surface area contributed by atoms with Crippen LogP contribution in [0.1, 0.15) is 0 Å². The SMILES string of the molecule is c1cc(-c2ccc(-c3cc4c5cc6ccccc6cc5sc4c4nc5cc6cc7ccccc7cc6cc5n34)cc2)cc(-n2c3ccccc3c3ccccc32)c1. The van der Waals surface area contributed by atoms with E-state index in [9.17, 15) is 0 Å². The van der Waals surface area contributed by atoms with Gasteiger partial charge >= 0.3 is 0 Å². The largest absolute Gasteiger partial charge is 0.309 e. The minimum Gasteiger partial charge on any atom is -0.309 e. The average Bonchev–Trinajstić information content (AvgIpc) is 3.93. The number of aromatic nitrogens is 3. The molecule has 0 saturated carbocycles. The van der Waals surface area contributed by atoms with E-state index in [0.29, 0.717) is 0 Å². The van der Waals surface area contributed by atoms with Crippen molar-refractivity contribution in [3.8, 4) is 28.1 Å². The lowest BCUT2D eigenvalue weighted by molar-refractivity contribution is 1.18. The first kappa shape index (κ1) is 31.0. The Kier molecular flexibility index (Phi) is 6.32. The zero-order chi connectivity index (χ0) is 37.2. The Morgan fingerprint density at radius 2 is 1.00 bits per heavy atom. The first-order chi connectivity index (χ1) is 28.2. The van der Waals surface area contributed by atoms with Crippen molar-refractivity contribution in [3.63, 3.8) is 0 Å². The number of hydrogen-bond acceptors (Lipinski definition) is 2. The van der Waals surface area contributed by atoms with Gasteiger partial charge in [0.05, 0.1) is 32.5 Å². The number of nitrogens with zero attached hydrogens (tertiary/aromatic N) is 3. The maximum Gasteiger partial charge on any atom is 0.156 e. The van der Waals surface area contributed by atoms with Gasteiger partial charge in [0.15, 0.2) is 5.65 Å². The molecular formula is C53H31N3S. The molecule has 0 amide bonds. The van der Waals surface area contributed by atoms with Gasteiger partial charge in [-0.25, -0.2) is 4.98 Å². The van der Waals surface area contributed by atoms with E-state index in [1.165, 1.54) is 85.4 Å². The lowest BCUT2D eigenvalue weighted by Crippen LogP contribution is -1.94. The highest BCUT2D eigenvalue weighted by Crippen LogP contribution is 2.43.